The first-order valence-electron chi connectivity index (χ1n) is 14.3. The quantitative estimate of drug-likeness (QED) is 0.248. The standard InChI is InChI=1S/C31H30ClFN8O4/c32-24-16-20(27(17-25(24)33)41-18-35-37-38-41)6-9-28(42)40-13-10-22-23(2-1-3-26(22)39-14-11-34-12-15-39)29(40)30(43)36-21-7-4-19(5-8-21)31(44)45/h1-9,16-18,29,34,37-38H,10-15H2,(H,36,43)(H,44,45)/b9-6+. The summed E-state index contributed by atoms with van der Waals surface area (Å²) in [5.41, 5.74) is 9.33. The van der Waals surface area contributed by atoms with Crippen LogP contribution in [0.25, 0.3) is 6.08 Å². The van der Waals surface area contributed by atoms with Crippen molar-refractivity contribution in [2.75, 3.05) is 47.9 Å². The molecule has 12 nitrogen and oxygen atoms in total. The van der Waals surface area contributed by atoms with E-state index in [0.29, 0.717) is 28.9 Å². The van der Waals surface area contributed by atoms with Crippen LogP contribution in [0.3, 0.4) is 0 Å². The summed E-state index contributed by atoms with van der Waals surface area (Å²) in [7, 11) is 0. The van der Waals surface area contributed by atoms with Crippen LogP contribution in [-0.4, -0.2) is 66.9 Å². The van der Waals surface area contributed by atoms with Crippen LogP contribution in [0.4, 0.5) is 21.5 Å². The zero-order valence-corrected chi connectivity index (χ0v) is 24.7. The molecule has 3 aromatic carbocycles. The van der Waals surface area contributed by atoms with E-state index in [9.17, 15) is 23.9 Å². The number of hydrazine groups is 2. The van der Waals surface area contributed by atoms with Gasteiger partial charge >= 0.3 is 5.97 Å². The zero-order chi connectivity index (χ0) is 31.5. The van der Waals surface area contributed by atoms with Gasteiger partial charge in [0.05, 0.1) is 16.3 Å². The fraction of sp³-hybridized carbons (Fsp3) is 0.226. The van der Waals surface area contributed by atoms with E-state index in [-0.39, 0.29) is 17.1 Å². The molecule has 0 aliphatic carbocycles. The molecule has 232 valence electrons. The molecule has 3 aromatic rings. The first kappa shape index (κ1) is 30.1. The van der Waals surface area contributed by atoms with Gasteiger partial charge in [-0.05, 0) is 60.0 Å². The number of anilines is 3. The molecule has 0 spiro atoms. The summed E-state index contributed by atoms with van der Waals surface area (Å²) < 4.78 is 14.4. The number of fused-ring (bicyclic) bond motifs is 1. The molecule has 1 fully saturated rings. The second-order valence-electron chi connectivity index (χ2n) is 10.6. The number of hydrazone groups is 1. The predicted octanol–water partition coefficient (Wildman–Crippen LogP) is 3.14. The number of carboxylic acids is 1. The van der Waals surface area contributed by atoms with E-state index in [0.717, 1.165) is 37.4 Å². The summed E-state index contributed by atoms with van der Waals surface area (Å²) >= 11 is 6.07. The molecule has 0 bridgehead atoms. The Hall–Kier alpha value is -4.98. The molecule has 0 radical (unpaired) electrons. The Bertz CT molecular complexity index is 1690. The Morgan fingerprint density at radius 1 is 1.04 bits per heavy atom. The van der Waals surface area contributed by atoms with E-state index >= 15 is 0 Å². The minimum absolute atomic E-state index is 0.0880. The van der Waals surface area contributed by atoms with Crippen molar-refractivity contribution in [1.82, 2.24) is 21.3 Å². The van der Waals surface area contributed by atoms with Crippen LogP contribution >= 0.6 is 11.6 Å². The Labute approximate surface area is 263 Å². The van der Waals surface area contributed by atoms with Crippen molar-refractivity contribution in [3.8, 4) is 0 Å². The van der Waals surface area contributed by atoms with E-state index in [4.69, 9.17) is 11.6 Å². The molecule has 0 saturated carbocycles. The van der Waals surface area contributed by atoms with Gasteiger partial charge in [0.25, 0.3) is 5.91 Å². The molecule has 5 N–H and O–H groups in total. The molecule has 1 unspecified atom stereocenters. The van der Waals surface area contributed by atoms with Crippen LogP contribution in [0.1, 0.15) is 33.1 Å². The molecular formula is C31H30ClFN8O4. The van der Waals surface area contributed by atoms with Crippen LogP contribution in [-0.2, 0) is 16.0 Å². The largest absolute Gasteiger partial charge is 0.478 e. The number of carboxylic acid groups (broad SMARTS) is 1. The molecular weight excluding hydrogens is 603 g/mol. The van der Waals surface area contributed by atoms with E-state index in [1.54, 1.807) is 0 Å². The van der Waals surface area contributed by atoms with Crippen molar-refractivity contribution in [3.63, 3.8) is 0 Å². The highest BCUT2D eigenvalue weighted by Crippen LogP contribution is 2.37. The fourth-order valence-corrected chi connectivity index (χ4v) is 5.92. The summed E-state index contributed by atoms with van der Waals surface area (Å²) in [5.74, 6) is -2.58. The molecule has 3 aliphatic heterocycles. The van der Waals surface area contributed by atoms with Crippen LogP contribution < -0.4 is 31.6 Å². The maximum absolute atomic E-state index is 14.4. The Morgan fingerprint density at radius 2 is 1.82 bits per heavy atom. The fourth-order valence-electron chi connectivity index (χ4n) is 5.75. The Kier molecular flexibility index (Phi) is 8.65. The first-order chi connectivity index (χ1) is 21.8. The highest BCUT2D eigenvalue weighted by atomic mass is 35.5. The Morgan fingerprint density at radius 3 is 2.53 bits per heavy atom. The average molecular weight is 633 g/mol. The van der Waals surface area contributed by atoms with E-state index in [1.807, 2.05) is 18.2 Å². The molecule has 3 aliphatic rings. The van der Waals surface area contributed by atoms with Crippen molar-refractivity contribution in [3.05, 3.63) is 93.8 Å². The highest BCUT2D eigenvalue weighted by Gasteiger charge is 2.37. The third kappa shape index (κ3) is 6.32. The van der Waals surface area contributed by atoms with Gasteiger partial charge in [0.2, 0.25) is 5.91 Å². The maximum Gasteiger partial charge on any atom is 0.335 e. The SMILES string of the molecule is O=C(O)c1ccc(NC(=O)C2c3cccc(N4CCNCC4)c3CCN2C(=O)/C=C/c2cc(Cl)c(F)cc2N2C=NNN2)cc1. The molecule has 2 amide bonds. The van der Waals surface area contributed by atoms with E-state index < -0.39 is 29.6 Å². The lowest BCUT2D eigenvalue weighted by Crippen LogP contribution is -2.47. The lowest BCUT2D eigenvalue weighted by Gasteiger charge is -2.39. The number of piperazine rings is 1. The third-order valence-corrected chi connectivity index (χ3v) is 8.22. The highest BCUT2D eigenvalue weighted by molar-refractivity contribution is 6.31. The summed E-state index contributed by atoms with van der Waals surface area (Å²) in [4.78, 5) is 42.9. The molecule has 14 heteroatoms. The number of halogens is 2. The molecule has 6 rings (SSSR count). The number of carbonyl (C=O) groups is 3. The second kappa shape index (κ2) is 12.9. The number of benzene rings is 3. The van der Waals surface area contributed by atoms with Gasteiger partial charge in [0.1, 0.15) is 18.2 Å². The number of carbonyl (C=O) groups excluding carboxylic acids is 2. The summed E-state index contributed by atoms with van der Waals surface area (Å²) in [6, 6.07) is 13.3. The number of amides is 2. The minimum atomic E-state index is -1.08. The summed E-state index contributed by atoms with van der Waals surface area (Å²) in [6.07, 6.45) is 4.80. The molecule has 0 aromatic heterocycles. The van der Waals surface area contributed by atoms with Gasteiger partial charge in [-0.1, -0.05) is 23.7 Å². The lowest BCUT2D eigenvalue weighted by atomic mass is 9.89. The van der Waals surface area contributed by atoms with Crippen molar-refractivity contribution >= 4 is 58.9 Å². The maximum atomic E-state index is 14.4. The van der Waals surface area contributed by atoms with Crippen LogP contribution in [0.15, 0.2) is 65.8 Å². The number of aromatic carboxylic acids is 1. The van der Waals surface area contributed by atoms with Crippen molar-refractivity contribution < 1.29 is 23.9 Å². The molecule has 3 heterocycles. The van der Waals surface area contributed by atoms with Gasteiger partial charge in [-0.15, -0.1) is 5.53 Å². The topological polar surface area (TPSA) is 142 Å². The van der Waals surface area contributed by atoms with Gasteiger partial charge in [-0.2, -0.15) is 5.10 Å². The van der Waals surface area contributed by atoms with Crippen molar-refractivity contribution in [2.45, 2.75) is 12.5 Å². The number of hydrogen-bond donors (Lipinski definition) is 5. The molecule has 1 saturated heterocycles. The first-order valence-corrected chi connectivity index (χ1v) is 14.7. The van der Waals surface area contributed by atoms with Crippen molar-refractivity contribution in [2.24, 2.45) is 5.10 Å². The number of hydrogen-bond acceptors (Lipinski definition) is 9. The van der Waals surface area contributed by atoms with E-state index in [1.165, 1.54) is 64.8 Å². The van der Waals surface area contributed by atoms with Crippen LogP contribution in [0.2, 0.25) is 5.02 Å². The number of nitrogens with zero attached hydrogens (tertiary/aromatic N) is 4. The third-order valence-electron chi connectivity index (χ3n) is 7.93. The lowest BCUT2D eigenvalue weighted by molar-refractivity contribution is -0.135. The predicted molar refractivity (Wildman–Crippen MR) is 169 cm³/mol. The summed E-state index contributed by atoms with van der Waals surface area (Å²) in [5, 5.41) is 20.6. The van der Waals surface area contributed by atoms with Gasteiger partial charge < -0.3 is 25.5 Å². The normalized spacial score (nSPS) is 17.7. The molecule has 1 atom stereocenters. The van der Waals surface area contributed by atoms with Crippen LogP contribution in [0, 0.1) is 5.82 Å². The number of rotatable bonds is 7. The summed E-state index contributed by atoms with van der Waals surface area (Å²) in [6.45, 7) is 3.61. The molecule has 45 heavy (non-hydrogen) atoms. The smallest absolute Gasteiger partial charge is 0.335 e. The van der Waals surface area contributed by atoms with Gasteiger partial charge in [0.15, 0.2) is 0 Å². The number of nitrogens with one attached hydrogen (secondary N) is 4. The Balaban J connectivity index is 1.33. The van der Waals surface area contributed by atoms with Gasteiger partial charge in [-0.25, -0.2) is 19.7 Å². The minimum Gasteiger partial charge on any atom is -0.478 e. The van der Waals surface area contributed by atoms with Crippen molar-refractivity contribution in [1.29, 1.82) is 0 Å². The van der Waals surface area contributed by atoms with E-state index in [2.05, 4.69) is 31.7 Å². The zero-order valence-electron chi connectivity index (χ0n) is 24.0. The van der Waals surface area contributed by atoms with Crippen LogP contribution in [0.5, 0.6) is 0 Å². The monoisotopic (exact) mass is 632 g/mol. The van der Waals surface area contributed by atoms with Gasteiger partial charge in [-0.3, -0.25) is 9.59 Å². The average Bonchev–Trinajstić information content (AvgIpc) is 3.60. The van der Waals surface area contributed by atoms with Gasteiger partial charge in [0, 0.05) is 61.8 Å². The second-order valence-corrected chi connectivity index (χ2v) is 11.0.